The van der Waals surface area contributed by atoms with Crippen molar-refractivity contribution in [2.45, 2.75) is 12.5 Å². The van der Waals surface area contributed by atoms with Crippen LogP contribution < -0.4 is 0 Å². The van der Waals surface area contributed by atoms with Gasteiger partial charge in [0.25, 0.3) is 5.91 Å². The zero-order valence-electron chi connectivity index (χ0n) is 15.7. The molecule has 0 aliphatic carbocycles. The number of carbonyl (C=O) groups is 2. The van der Waals surface area contributed by atoms with E-state index in [0.717, 1.165) is 0 Å². The molecule has 1 aliphatic rings. The predicted octanol–water partition coefficient (Wildman–Crippen LogP) is 2.62. The van der Waals surface area contributed by atoms with Gasteiger partial charge in [0.2, 0.25) is 0 Å². The molecule has 3 rings (SSSR count). The van der Waals surface area contributed by atoms with Gasteiger partial charge in [-0.3, -0.25) is 4.79 Å². The fourth-order valence-corrected chi connectivity index (χ4v) is 5.48. The van der Waals surface area contributed by atoms with Gasteiger partial charge in [0.05, 0.1) is 17.1 Å². The number of halogens is 1. The van der Waals surface area contributed by atoms with Crippen LogP contribution in [0.1, 0.15) is 16.9 Å². The average Bonchev–Trinajstić information content (AvgIpc) is 3.34. The Balaban J connectivity index is 1.69. The fourth-order valence-electron chi connectivity index (χ4n) is 2.98. The predicted molar refractivity (Wildman–Crippen MR) is 109 cm³/mol. The third-order valence-electron chi connectivity index (χ3n) is 4.66. The van der Waals surface area contributed by atoms with Crippen LogP contribution in [0.3, 0.4) is 0 Å². The summed E-state index contributed by atoms with van der Waals surface area (Å²) >= 11 is 1.34. The first-order chi connectivity index (χ1) is 13.7. The lowest BCUT2D eigenvalue weighted by molar-refractivity contribution is -0.147. The van der Waals surface area contributed by atoms with Gasteiger partial charge in [0.1, 0.15) is 5.82 Å². The second-order valence-electron chi connectivity index (χ2n) is 6.72. The van der Waals surface area contributed by atoms with Crippen molar-refractivity contribution < 1.29 is 27.1 Å². The number of thiophene rings is 1. The number of likely N-dealkylation sites (N-methyl/N-ethyl adjacent to an activating group) is 1. The normalized spacial score (nSPS) is 18.4. The molecule has 1 atom stereocenters. The van der Waals surface area contributed by atoms with Gasteiger partial charge in [0, 0.05) is 18.0 Å². The van der Waals surface area contributed by atoms with Crippen LogP contribution in [0.25, 0.3) is 11.6 Å². The number of esters is 1. The molecular weight excluding hydrogens is 417 g/mol. The van der Waals surface area contributed by atoms with Gasteiger partial charge < -0.3 is 9.64 Å². The van der Waals surface area contributed by atoms with Crippen LogP contribution in [0.5, 0.6) is 0 Å². The van der Waals surface area contributed by atoms with Crippen LogP contribution in [0, 0.1) is 5.82 Å². The van der Waals surface area contributed by atoms with Crippen LogP contribution in [-0.2, 0) is 24.2 Å². The highest BCUT2D eigenvalue weighted by Gasteiger charge is 2.33. The van der Waals surface area contributed by atoms with E-state index in [1.807, 2.05) is 0 Å². The Morgan fingerprint density at radius 1 is 1.28 bits per heavy atom. The summed E-state index contributed by atoms with van der Waals surface area (Å²) in [5, 5.41) is 1.81. The second kappa shape index (κ2) is 8.87. The zero-order chi connectivity index (χ0) is 21.0. The Kier molecular flexibility index (Phi) is 6.49. The van der Waals surface area contributed by atoms with E-state index in [2.05, 4.69) is 0 Å². The summed E-state index contributed by atoms with van der Waals surface area (Å²) < 4.78 is 41.5. The Hall–Kier alpha value is -2.52. The van der Waals surface area contributed by atoms with Crippen molar-refractivity contribution in [1.82, 2.24) is 4.90 Å². The van der Waals surface area contributed by atoms with Gasteiger partial charge in [0.15, 0.2) is 16.4 Å². The summed E-state index contributed by atoms with van der Waals surface area (Å²) in [6.07, 6.45) is 1.95. The molecule has 0 saturated carbocycles. The first kappa shape index (κ1) is 21.2. The third-order valence-corrected chi connectivity index (χ3v) is 7.32. The van der Waals surface area contributed by atoms with Crippen molar-refractivity contribution in [3.05, 3.63) is 58.0 Å². The highest BCUT2D eigenvalue weighted by Crippen LogP contribution is 2.24. The van der Waals surface area contributed by atoms with Crippen molar-refractivity contribution >= 4 is 44.7 Å². The molecule has 1 saturated heterocycles. The van der Waals surface area contributed by atoms with Crippen LogP contribution in [0.15, 0.2) is 41.8 Å². The van der Waals surface area contributed by atoms with Crippen LogP contribution in [0.4, 0.5) is 4.39 Å². The van der Waals surface area contributed by atoms with E-state index in [0.29, 0.717) is 16.9 Å². The Morgan fingerprint density at radius 3 is 2.59 bits per heavy atom. The van der Waals surface area contributed by atoms with Crippen LogP contribution >= 0.6 is 11.3 Å². The van der Waals surface area contributed by atoms with Crippen LogP contribution in [0.2, 0.25) is 0 Å². The summed E-state index contributed by atoms with van der Waals surface area (Å²) in [6, 6.07) is 8.78. The van der Waals surface area contributed by atoms with Crippen molar-refractivity contribution in [1.29, 1.82) is 0 Å². The molecule has 2 aromatic rings. The quantitative estimate of drug-likeness (QED) is 0.513. The maximum Gasteiger partial charge on any atom is 0.340 e. The van der Waals surface area contributed by atoms with E-state index in [4.69, 9.17) is 4.74 Å². The molecule has 1 aliphatic heterocycles. The van der Waals surface area contributed by atoms with Crippen molar-refractivity contribution in [2.24, 2.45) is 0 Å². The average molecular weight is 438 g/mol. The molecule has 9 heteroatoms. The number of benzene rings is 1. The summed E-state index contributed by atoms with van der Waals surface area (Å²) in [7, 11) is -1.61. The lowest BCUT2D eigenvalue weighted by atomic mass is 10.1. The number of amides is 1. The molecule has 6 nitrogen and oxygen atoms in total. The SMILES string of the molecule is CN(C(=O)COC(=O)/C(=C/c1ccc(F)cc1)c1cccs1)C1CCS(=O)(=O)C1. The standard InChI is InChI=1S/C20H20FNO5S2/c1-22(16-8-10-29(25,26)13-16)19(23)12-27-20(24)17(18-3-2-9-28-18)11-14-4-6-15(21)7-5-14/h2-7,9,11,16H,8,10,12-13H2,1H3/b17-11+. The van der Waals surface area contributed by atoms with E-state index >= 15 is 0 Å². The Bertz CT molecular complexity index is 1010. The van der Waals surface area contributed by atoms with E-state index in [-0.39, 0.29) is 22.9 Å². The van der Waals surface area contributed by atoms with Crippen molar-refractivity contribution in [2.75, 3.05) is 25.2 Å². The molecular formula is C20H20FNO5S2. The molecule has 1 amide bonds. The molecule has 2 heterocycles. The number of ether oxygens (including phenoxy) is 1. The lowest BCUT2D eigenvalue weighted by Gasteiger charge is -2.23. The van der Waals surface area contributed by atoms with Gasteiger partial charge in [-0.2, -0.15) is 0 Å². The van der Waals surface area contributed by atoms with Gasteiger partial charge in [-0.15, -0.1) is 11.3 Å². The number of rotatable bonds is 6. The minimum atomic E-state index is -3.12. The molecule has 0 N–H and O–H groups in total. The molecule has 1 unspecified atom stereocenters. The topological polar surface area (TPSA) is 80.8 Å². The van der Waals surface area contributed by atoms with Crippen molar-refractivity contribution in [3.8, 4) is 0 Å². The Morgan fingerprint density at radius 2 is 2.00 bits per heavy atom. The van der Waals surface area contributed by atoms with E-state index < -0.39 is 34.4 Å². The fraction of sp³-hybridized carbons (Fsp3) is 0.300. The molecule has 1 aromatic heterocycles. The van der Waals surface area contributed by atoms with Gasteiger partial charge in [-0.1, -0.05) is 18.2 Å². The Labute approximate surface area is 172 Å². The highest BCUT2D eigenvalue weighted by molar-refractivity contribution is 7.91. The highest BCUT2D eigenvalue weighted by atomic mass is 32.2. The number of nitrogens with zero attached hydrogens (tertiary/aromatic N) is 1. The minimum Gasteiger partial charge on any atom is -0.452 e. The minimum absolute atomic E-state index is 0.0536. The summed E-state index contributed by atoms with van der Waals surface area (Å²) in [6.45, 7) is -0.488. The maximum absolute atomic E-state index is 13.1. The van der Waals surface area contributed by atoms with Crippen LogP contribution in [-0.4, -0.2) is 56.4 Å². The largest absolute Gasteiger partial charge is 0.452 e. The summed E-state index contributed by atoms with van der Waals surface area (Å²) in [5.41, 5.74) is 0.872. The molecule has 154 valence electrons. The van der Waals surface area contributed by atoms with Crippen molar-refractivity contribution in [3.63, 3.8) is 0 Å². The molecule has 0 bridgehead atoms. The molecule has 29 heavy (non-hydrogen) atoms. The third kappa shape index (κ3) is 5.51. The first-order valence-electron chi connectivity index (χ1n) is 8.89. The summed E-state index contributed by atoms with van der Waals surface area (Å²) in [4.78, 5) is 27.0. The monoisotopic (exact) mass is 437 g/mol. The van der Waals surface area contributed by atoms with Gasteiger partial charge in [-0.25, -0.2) is 17.6 Å². The van der Waals surface area contributed by atoms with E-state index in [1.54, 1.807) is 23.6 Å². The van der Waals surface area contributed by atoms with E-state index in [1.165, 1.54) is 47.5 Å². The maximum atomic E-state index is 13.1. The van der Waals surface area contributed by atoms with Gasteiger partial charge in [-0.05, 0) is 41.6 Å². The molecule has 0 spiro atoms. The van der Waals surface area contributed by atoms with Gasteiger partial charge >= 0.3 is 5.97 Å². The summed E-state index contributed by atoms with van der Waals surface area (Å²) in [5.74, 6) is -1.55. The second-order valence-corrected chi connectivity index (χ2v) is 9.90. The van der Waals surface area contributed by atoms with E-state index in [9.17, 15) is 22.4 Å². The number of hydrogen-bond acceptors (Lipinski definition) is 6. The number of carbonyl (C=O) groups excluding carboxylic acids is 2. The lowest BCUT2D eigenvalue weighted by Crippen LogP contribution is -2.40. The molecule has 1 fully saturated rings. The smallest absolute Gasteiger partial charge is 0.340 e. The zero-order valence-corrected chi connectivity index (χ0v) is 17.3. The number of hydrogen-bond donors (Lipinski definition) is 0. The molecule has 1 aromatic carbocycles. The molecule has 0 radical (unpaired) electrons. The first-order valence-corrected chi connectivity index (χ1v) is 11.6. The number of sulfone groups is 1.